The van der Waals surface area contributed by atoms with Crippen molar-refractivity contribution >= 4 is 0 Å². The molecule has 0 spiro atoms. The van der Waals surface area contributed by atoms with Crippen LogP contribution in [0.4, 0.5) is 0 Å². The minimum absolute atomic E-state index is 0.553. The third-order valence-electron chi connectivity index (χ3n) is 3.17. The third kappa shape index (κ3) is 5.52. The Morgan fingerprint density at radius 3 is 2.63 bits per heavy atom. The lowest BCUT2D eigenvalue weighted by Crippen LogP contribution is -2.25. The van der Waals surface area contributed by atoms with Gasteiger partial charge < -0.3 is 14.8 Å². The van der Waals surface area contributed by atoms with Gasteiger partial charge in [0.2, 0.25) is 0 Å². The van der Waals surface area contributed by atoms with E-state index in [0.29, 0.717) is 12.6 Å². The van der Waals surface area contributed by atoms with Crippen LogP contribution in [0.5, 0.6) is 11.5 Å². The fourth-order valence-corrected chi connectivity index (χ4v) is 2.00. The molecule has 3 heteroatoms. The van der Waals surface area contributed by atoms with Gasteiger partial charge in [-0.2, -0.15) is 0 Å². The molecule has 1 aromatic rings. The molecule has 1 atom stereocenters. The van der Waals surface area contributed by atoms with Crippen LogP contribution < -0.4 is 14.8 Å². The van der Waals surface area contributed by atoms with Gasteiger partial charge in [0.05, 0.1) is 13.7 Å². The van der Waals surface area contributed by atoms with Crippen LogP contribution in [0.25, 0.3) is 0 Å². The quantitative estimate of drug-likeness (QED) is 0.737. The van der Waals surface area contributed by atoms with Crippen molar-refractivity contribution < 1.29 is 9.47 Å². The zero-order valence-corrected chi connectivity index (χ0v) is 12.7. The molecule has 0 aliphatic carbocycles. The first-order chi connectivity index (χ1) is 9.21. The number of rotatable bonds is 9. The van der Waals surface area contributed by atoms with E-state index in [9.17, 15) is 0 Å². The lowest BCUT2D eigenvalue weighted by atomic mass is 10.1. The van der Waals surface area contributed by atoms with Crippen LogP contribution in [-0.4, -0.2) is 19.8 Å². The van der Waals surface area contributed by atoms with E-state index in [1.165, 1.54) is 24.8 Å². The van der Waals surface area contributed by atoms with Crippen molar-refractivity contribution in [3.05, 3.63) is 23.8 Å². The van der Waals surface area contributed by atoms with E-state index in [4.69, 9.17) is 9.47 Å². The number of methoxy groups -OCH3 is 1. The van der Waals surface area contributed by atoms with Crippen LogP contribution in [0.3, 0.4) is 0 Å². The first kappa shape index (κ1) is 15.8. The number of hydrogen-bond acceptors (Lipinski definition) is 3. The standard InChI is InChI=1S/C16H27NO2/c1-5-7-8-13(3)17-12-14-9-10-15(18-4)16(11-14)19-6-2/h9-11,13,17H,5-8,12H2,1-4H3. The number of unbranched alkanes of at least 4 members (excludes halogenated alkanes) is 1. The zero-order valence-electron chi connectivity index (χ0n) is 12.7. The van der Waals surface area contributed by atoms with Gasteiger partial charge in [-0.15, -0.1) is 0 Å². The SMILES string of the molecule is CCCCC(C)NCc1ccc(OC)c(OCC)c1. The van der Waals surface area contributed by atoms with Crippen molar-refractivity contribution in [2.45, 2.75) is 52.6 Å². The van der Waals surface area contributed by atoms with Crippen molar-refractivity contribution in [3.8, 4) is 11.5 Å². The molecular formula is C16H27NO2. The van der Waals surface area contributed by atoms with Crippen LogP contribution in [0.2, 0.25) is 0 Å². The second kappa shape index (κ2) is 8.81. The monoisotopic (exact) mass is 265 g/mol. The fourth-order valence-electron chi connectivity index (χ4n) is 2.00. The van der Waals surface area contributed by atoms with Crippen molar-refractivity contribution in [1.82, 2.24) is 5.32 Å². The van der Waals surface area contributed by atoms with E-state index in [1.54, 1.807) is 7.11 Å². The molecule has 0 aliphatic heterocycles. The van der Waals surface area contributed by atoms with Crippen LogP contribution >= 0.6 is 0 Å². The van der Waals surface area contributed by atoms with E-state index >= 15 is 0 Å². The number of ether oxygens (including phenoxy) is 2. The molecule has 1 N–H and O–H groups in total. The zero-order chi connectivity index (χ0) is 14.1. The highest BCUT2D eigenvalue weighted by atomic mass is 16.5. The third-order valence-corrected chi connectivity index (χ3v) is 3.17. The summed E-state index contributed by atoms with van der Waals surface area (Å²) < 4.78 is 10.9. The van der Waals surface area contributed by atoms with E-state index in [2.05, 4.69) is 31.3 Å². The van der Waals surface area contributed by atoms with E-state index in [1.807, 2.05) is 13.0 Å². The molecule has 1 rings (SSSR count). The van der Waals surface area contributed by atoms with Crippen LogP contribution in [0.15, 0.2) is 18.2 Å². The van der Waals surface area contributed by atoms with Gasteiger partial charge in [0.15, 0.2) is 11.5 Å². The van der Waals surface area contributed by atoms with Gasteiger partial charge >= 0.3 is 0 Å². The highest BCUT2D eigenvalue weighted by Gasteiger charge is 2.06. The Labute approximate surface area is 117 Å². The molecular weight excluding hydrogens is 238 g/mol. The van der Waals surface area contributed by atoms with Crippen LogP contribution in [0, 0.1) is 0 Å². The summed E-state index contributed by atoms with van der Waals surface area (Å²) in [6.45, 7) is 7.97. The summed E-state index contributed by atoms with van der Waals surface area (Å²) in [7, 11) is 1.67. The average molecular weight is 265 g/mol. The first-order valence-electron chi connectivity index (χ1n) is 7.24. The summed E-state index contributed by atoms with van der Waals surface area (Å²) in [5, 5.41) is 3.54. The maximum atomic E-state index is 5.59. The Kier molecular flexibility index (Phi) is 7.34. The second-order valence-corrected chi connectivity index (χ2v) is 4.84. The Morgan fingerprint density at radius 2 is 2.00 bits per heavy atom. The molecule has 1 unspecified atom stereocenters. The van der Waals surface area contributed by atoms with E-state index < -0.39 is 0 Å². The summed E-state index contributed by atoms with van der Waals surface area (Å²) in [6.07, 6.45) is 3.76. The van der Waals surface area contributed by atoms with Gasteiger partial charge in [0, 0.05) is 12.6 Å². The van der Waals surface area contributed by atoms with E-state index in [0.717, 1.165) is 18.0 Å². The number of nitrogens with one attached hydrogen (secondary N) is 1. The summed E-state index contributed by atoms with van der Waals surface area (Å²) in [5.41, 5.74) is 1.23. The normalized spacial score (nSPS) is 12.2. The fraction of sp³-hybridized carbons (Fsp3) is 0.625. The number of benzene rings is 1. The average Bonchev–Trinajstić information content (AvgIpc) is 2.43. The van der Waals surface area contributed by atoms with Crippen LogP contribution in [0.1, 0.15) is 45.6 Å². The smallest absolute Gasteiger partial charge is 0.161 e. The summed E-state index contributed by atoms with van der Waals surface area (Å²) >= 11 is 0. The van der Waals surface area contributed by atoms with Gasteiger partial charge in [-0.3, -0.25) is 0 Å². The molecule has 3 nitrogen and oxygen atoms in total. The number of hydrogen-bond donors (Lipinski definition) is 1. The minimum Gasteiger partial charge on any atom is -0.493 e. The van der Waals surface area contributed by atoms with Gasteiger partial charge in [-0.1, -0.05) is 25.8 Å². The molecule has 0 bridgehead atoms. The topological polar surface area (TPSA) is 30.5 Å². The Balaban J connectivity index is 2.56. The lowest BCUT2D eigenvalue weighted by molar-refractivity contribution is 0.310. The molecule has 108 valence electrons. The van der Waals surface area contributed by atoms with Gasteiger partial charge in [-0.25, -0.2) is 0 Å². The maximum absolute atomic E-state index is 5.59. The molecule has 0 radical (unpaired) electrons. The molecule has 0 saturated heterocycles. The van der Waals surface area contributed by atoms with Gasteiger partial charge in [0.1, 0.15) is 0 Å². The van der Waals surface area contributed by atoms with Crippen molar-refractivity contribution in [2.75, 3.05) is 13.7 Å². The molecule has 19 heavy (non-hydrogen) atoms. The molecule has 0 fully saturated rings. The van der Waals surface area contributed by atoms with Crippen molar-refractivity contribution in [1.29, 1.82) is 0 Å². The van der Waals surface area contributed by atoms with Gasteiger partial charge in [-0.05, 0) is 38.0 Å². The molecule has 0 amide bonds. The highest BCUT2D eigenvalue weighted by molar-refractivity contribution is 5.42. The lowest BCUT2D eigenvalue weighted by Gasteiger charge is -2.15. The summed E-state index contributed by atoms with van der Waals surface area (Å²) in [6, 6.07) is 6.67. The maximum Gasteiger partial charge on any atom is 0.161 e. The predicted octanol–water partition coefficient (Wildman–Crippen LogP) is 3.76. The molecule has 1 aromatic carbocycles. The first-order valence-corrected chi connectivity index (χ1v) is 7.24. The molecule has 0 saturated carbocycles. The molecule has 0 aliphatic rings. The Hall–Kier alpha value is -1.22. The second-order valence-electron chi connectivity index (χ2n) is 4.84. The predicted molar refractivity (Wildman–Crippen MR) is 80.0 cm³/mol. The van der Waals surface area contributed by atoms with Gasteiger partial charge in [0.25, 0.3) is 0 Å². The van der Waals surface area contributed by atoms with Crippen LogP contribution in [-0.2, 0) is 6.54 Å². The van der Waals surface area contributed by atoms with Crippen molar-refractivity contribution in [2.24, 2.45) is 0 Å². The highest BCUT2D eigenvalue weighted by Crippen LogP contribution is 2.28. The Morgan fingerprint density at radius 1 is 1.21 bits per heavy atom. The Bertz CT molecular complexity index is 366. The minimum atomic E-state index is 0.553. The molecule has 0 aromatic heterocycles. The summed E-state index contributed by atoms with van der Waals surface area (Å²) in [4.78, 5) is 0. The van der Waals surface area contributed by atoms with Crippen molar-refractivity contribution in [3.63, 3.8) is 0 Å². The largest absolute Gasteiger partial charge is 0.493 e. The van der Waals surface area contributed by atoms with E-state index in [-0.39, 0.29) is 0 Å². The summed E-state index contributed by atoms with van der Waals surface area (Å²) in [5.74, 6) is 1.62. The molecule has 0 heterocycles.